The summed E-state index contributed by atoms with van der Waals surface area (Å²) in [4.78, 5) is 11.9. The fraction of sp³-hybridized carbons (Fsp3) is 0.500. The standard InChI is InChI=1S/C14H16F3NO2/c15-14(16,17)20-12-7-3-4-10(8-12)13(19)9-18-11-5-1-2-6-11/h3-4,7-8,11,18H,1-2,5-6,9H2. The normalized spacial score (nSPS) is 16.4. The Morgan fingerprint density at radius 3 is 2.65 bits per heavy atom. The number of ketones is 1. The van der Waals surface area contributed by atoms with E-state index < -0.39 is 6.36 Å². The quantitative estimate of drug-likeness (QED) is 0.844. The fourth-order valence-corrected chi connectivity index (χ4v) is 2.34. The number of ether oxygens (including phenoxy) is 1. The van der Waals surface area contributed by atoms with Crippen LogP contribution in [0, 0.1) is 0 Å². The minimum Gasteiger partial charge on any atom is -0.406 e. The summed E-state index contributed by atoms with van der Waals surface area (Å²) in [6.07, 6.45) is -0.347. The summed E-state index contributed by atoms with van der Waals surface area (Å²) in [5.41, 5.74) is 0.220. The maximum Gasteiger partial charge on any atom is 0.573 e. The molecule has 6 heteroatoms. The number of benzene rings is 1. The van der Waals surface area contributed by atoms with Crippen LogP contribution >= 0.6 is 0 Å². The van der Waals surface area contributed by atoms with E-state index in [1.807, 2.05) is 0 Å². The topological polar surface area (TPSA) is 38.3 Å². The summed E-state index contributed by atoms with van der Waals surface area (Å²) in [6.45, 7) is 0.139. The van der Waals surface area contributed by atoms with Crippen LogP contribution in [-0.4, -0.2) is 24.7 Å². The number of Topliss-reactive ketones (excluding diaryl/α,β-unsaturated/α-hetero) is 1. The molecule has 1 N–H and O–H groups in total. The van der Waals surface area contributed by atoms with E-state index in [4.69, 9.17) is 0 Å². The van der Waals surface area contributed by atoms with Crippen molar-refractivity contribution in [2.24, 2.45) is 0 Å². The molecule has 1 aromatic rings. The smallest absolute Gasteiger partial charge is 0.406 e. The molecule has 1 fully saturated rings. The van der Waals surface area contributed by atoms with Gasteiger partial charge in [-0.25, -0.2) is 0 Å². The van der Waals surface area contributed by atoms with Crippen LogP contribution in [0.4, 0.5) is 13.2 Å². The van der Waals surface area contributed by atoms with Gasteiger partial charge in [-0.1, -0.05) is 25.0 Å². The first-order valence-corrected chi connectivity index (χ1v) is 6.56. The van der Waals surface area contributed by atoms with Crippen molar-refractivity contribution >= 4 is 5.78 Å². The predicted octanol–water partition coefficient (Wildman–Crippen LogP) is 3.30. The molecule has 0 amide bonds. The summed E-state index contributed by atoms with van der Waals surface area (Å²) in [7, 11) is 0. The highest BCUT2D eigenvalue weighted by atomic mass is 19.4. The lowest BCUT2D eigenvalue weighted by molar-refractivity contribution is -0.274. The Bertz CT molecular complexity index is 468. The van der Waals surface area contributed by atoms with Crippen LogP contribution in [0.15, 0.2) is 24.3 Å². The van der Waals surface area contributed by atoms with Crippen molar-refractivity contribution in [1.29, 1.82) is 0 Å². The predicted molar refractivity (Wildman–Crippen MR) is 67.7 cm³/mol. The maximum atomic E-state index is 12.1. The molecule has 0 bridgehead atoms. The highest BCUT2D eigenvalue weighted by Crippen LogP contribution is 2.23. The third kappa shape index (κ3) is 4.52. The number of rotatable bonds is 5. The van der Waals surface area contributed by atoms with Gasteiger partial charge in [-0.3, -0.25) is 4.79 Å². The number of carbonyl (C=O) groups excluding carboxylic acids is 1. The van der Waals surface area contributed by atoms with Gasteiger partial charge in [0, 0.05) is 11.6 Å². The molecule has 0 aliphatic heterocycles. The van der Waals surface area contributed by atoms with Crippen molar-refractivity contribution in [1.82, 2.24) is 5.32 Å². The number of carbonyl (C=O) groups is 1. The molecular weight excluding hydrogens is 271 g/mol. The van der Waals surface area contributed by atoms with E-state index in [1.165, 1.54) is 18.2 Å². The number of hydrogen-bond donors (Lipinski definition) is 1. The Morgan fingerprint density at radius 2 is 2.00 bits per heavy atom. The van der Waals surface area contributed by atoms with Gasteiger partial charge >= 0.3 is 6.36 Å². The van der Waals surface area contributed by atoms with Crippen LogP contribution < -0.4 is 10.1 Å². The Balaban J connectivity index is 1.93. The molecular formula is C14H16F3NO2. The largest absolute Gasteiger partial charge is 0.573 e. The lowest BCUT2D eigenvalue weighted by Gasteiger charge is -2.12. The third-order valence-corrected chi connectivity index (χ3v) is 3.30. The van der Waals surface area contributed by atoms with E-state index in [0.717, 1.165) is 31.7 Å². The van der Waals surface area contributed by atoms with Gasteiger partial charge in [0.1, 0.15) is 5.75 Å². The van der Waals surface area contributed by atoms with E-state index in [0.29, 0.717) is 6.04 Å². The van der Waals surface area contributed by atoms with Gasteiger partial charge in [0.25, 0.3) is 0 Å². The van der Waals surface area contributed by atoms with Crippen LogP contribution in [-0.2, 0) is 0 Å². The van der Waals surface area contributed by atoms with Crippen LogP contribution in [0.2, 0.25) is 0 Å². The molecule has 0 radical (unpaired) electrons. The van der Waals surface area contributed by atoms with Crippen molar-refractivity contribution in [2.45, 2.75) is 38.1 Å². The molecule has 0 spiro atoms. The molecule has 0 saturated heterocycles. The van der Waals surface area contributed by atoms with Crippen molar-refractivity contribution in [2.75, 3.05) is 6.54 Å². The first-order valence-electron chi connectivity index (χ1n) is 6.56. The van der Waals surface area contributed by atoms with Gasteiger partial charge in [-0.15, -0.1) is 13.2 Å². The average molecular weight is 287 g/mol. The van der Waals surface area contributed by atoms with Gasteiger partial charge in [0.2, 0.25) is 0 Å². The molecule has 110 valence electrons. The minimum absolute atomic E-state index is 0.139. The SMILES string of the molecule is O=C(CNC1CCCC1)c1cccc(OC(F)(F)F)c1. The van der Waals surface area contributed by atoms with Gasteiger partial charge in [0.05, 0.1) is 6.54 Å². The van der Waals surface area contributed by atoms with E-state index in [1.54, 1.807) is 0 Å². The Labute approximate surface area is 115 Å². The monoisotopic (exact) mass is 287 g/mol. The number of halogens is 3. The zero-order valence-corrected chi connectivity index (χ0v) is 10.9. The van der Waals surface area contributed by atoms with Gasteiger partial charge in [-0.2, -0.15) is 0 Å². The molecule has 20 heavy (non-hydrogen) atoms. The van der Waals surface area contributed by atoms with Crippen LogP contribution in [0.25, 0.3) is 0 Å². The molecule has 3 nitrogen and oxygen atoms in total. The first-order chi connectivity index (χ1) is 9.44. The molecule has 0 unspecified atom stereocenters. The first kappa shape index (κ1) is 14.8. The average Bonchev–Trinajstić information content (AvgIpc) is 2.87. The molecule has 1 aromatic carbocycles. The highest BCUT2D eigenvalue weighted by Gasteiger charge is 2.31. The summed E-state index contributed by atoms with van der Waals surface area (Å²) in [5.74, 6) is -0.603. The van der Waals surface area contributed by atoms with Crippen molar-refractivity contribution in [3.8, 4) is 5.75 Å². The fourth-order valence-electron chi connectivity index (χ4n) is 2.34. The third-order valence-electron chi connectivity index (χ3n) is 3.30. The lowest BCUT2D eigenvalue weighted by atomic mass is 10.1. The van der Waals surface area contributed by atoms with Gasteiger partial charge < -0.3 is 10.1 Å². The maximum absolute atomic E-state index is 12.1. The van der Waals surface area contributed by atoms with E-state index >= 15 is 0 Å². The van der Waals surface area contributed by atoms with Crippen LogP contribution in [0.1, 0.15) is 36.0 Å². The minimum atomic E-state index is -4.75. The molecule has 1 aliphatic rings. The van der Waals surface area contributed by atoms with Crippen LogP contribution in [0.3, 0.4) is 0 Å². The van der Waals surface area contributed by atoms with E-state index in [-0.39, 0.29) is 23.6 Å². The number of nitrogens with one attached hydrogen (secondary N) is 1. The second-order valence-electron chi connectivity index (χ2n) is 4.86. The number of alkyl halides is 3. The molecule has 0 aromatic heterocycles. The van der Waals surface area contributed by atoms with Gasteiger partial charge in [0.15, 0.2) is 5.78 Å². The van der Waals surface area contributed by atoms with E-state index in [2.05, 4.69) is 10.1 Å². The van der Waals surface area contributed by atoms with Crippen LogP contribution in [0.5, 0.6) is 5.75 Å². The van der Waals surface area contributed by atoms with Crippen molar-refractivity contribution in [3.63, 3.8) is 0 Å². The second kappa shape index (κ2) is 6.26. The zero-order chi connectivity index (χ0) is 14.6. The Morgan fingerprint density at radius 1 is 1.30 bits per heavy atom. The van der Waals surface area contributed by atoms with E-state index in [9.17, 15) is 18.0 Å². The van der Waals surface area contributed by atoms with Gasteiger partial charge in [-0.05, 0) is 25.0 Å². The molecule has 0 atom stereocenters. The molecule has 2 rings (SSSR count). The Kier molecular flexibility index (Phi) is 4.65. The molecule has 1 aliphatic carbocycles. The van der Waals surface area contributed by atoms with Crippen molar-refractivity contribution < 1.29 is 22.7 Å². The van der Waals surface area contributed by atoms with Crippen molar-refractivity contribution in [3.05, 3.63) is 29.8 Å². The summed E-state index contributed by atoms with van der Waals surface area (Å²) in [5, 5.41) is 3.13. The zero-order valence-electron chi connectivity index (χ0n) is 10.9. The molecule has 0 heterocycles. The summed E-state index contributed by atoms with van der Waals surface area (Å²) in [6, 6.07) is 5.50. The number of hydrogen-bond acceptors (Lipinski definition) is 3. The lowest BCUT2D eigenvalue weighted by Crippen LogP contribution is -2.31. The molecule has 1 saturated carbocycles. The second-order valence-corrected chi connectivity index (χ2v) is 4.86. The highest BCUT2D eigenvalue weighted by molar-refractivity contribution is 5.97. The Hall–Kier alpha value is -1.56. The summed E-state index contributed by atoms with van der Waals surface area (Å²) < 4.78 is 40.1. The summed E-state index contributed by atoms with van der Waals surface area (Å²) >= 11 is 0.